The van der Waals surface area contributed by atoms with Crippen LogP contribution in [0.15, 0.2) is 80.7 Å². The van der Waals surface area contributed by atoms with E-state index in [2.05, 4.69) is 10.1 Å². The van der Waals surface area contributed by atoms with Crippen molar-refractivity contribution in [2.75, 3.05) is 0 Å². The molecule has 0 fully saturated rings. The van der Waals surface area contributed by atoms with Gasteiger partial charge in [0.05, 0.1) is 10.6 Å². The first-order chi connectivity index (χ1) is 15.0. The van der Waals surface area contributed by atoms with Gasteiger partial charge in [-0.1, -0.05) is 53.5 Å². The number of benzene rings is 2. The molecule has 0 bridgehead atoms. The predicted octanol–water partition coefficient (Wildman–Crippen LogP) is 5.92. The molecular weight excluding hydrogens is 455 g/mol. The highest BCUT2D eigenvalue weighted by Gasteiger charge is 2.36. The van der Waals surface area contributed by atoms with E-state index in [0.29, 0.717) is 37.3 Å². The van der Waals surface area contributed by atoms with E-state index in [1.165, 1.54) is 22.8 Å². The van der Waals surface area contributed by atoms with Gasteiger partial charge in [0.15, 0.2) is 5.84 Å². The lowest BCUT2D eigenvalue weighted by atomic mass is 10.1. The minimum absolute atomic E-state index is 0.0785. The van der Waals surface area contributed by atoms with E-state index in [1.54, 1.807) is 30.3 Å². The van der Waals surface area contributed by atoms with Crippen LogP contribution in [0.1, 0.15) is 11.3 Å². The average molecular weight is 467 g/mol. The van der Waals surface area contributed by atoms with Gasteiger partial charge in [-0.15, -0.1) is 0 Å². The van der Waals surface area contributed by atoms with Crippen LogP contribution >= 0.6 is 35.0 Å². The molecule has 0 atom stereocenters. The Morgan fingerprint density at radius 2 is 1.90 bits per heavy atom. The summed E-state index contributed by atoms with van der Waals surface area (Å²) >= 11 is 13.5. The molecule has 1 aromatic heterocycles. The van der Waals surface area contributed by atoms with Gasteiger partial charge >= 0.3 is 0 Å². The monoisotopic (exact) mass is 466 g/mol. The molecule has 0 spiro atoms. The second-order valence-corrected chi connectivity index (χ2v) is 8.42. The number of hydrazone groups is 1. The maximum absolute atomic E-state index is 12.6. The van der Waals surface area contributed by atoms with E-state index in [0.717, 1.165) is 5.56 Å². The number of nitrogens with zero attached hydrogens (tertiary/aromatic N) is 3. The van der Waals surface area contributed by atoms with E-state index in [-0.39, 0.29) is 11.4 Å². The fourth-order valence-corrected chi connectivity index (χ4v) is 4.51. The number of aliphatic imine (C=N–C) groups is 1. The first-order valence-corrected chi connectivity index (χ1v) is 10.7. The molecule has 3 heterocycles. The van der Waals surface area contributed by atoms with Gasteiger partial charge in [0.25, 0.3) is 5.91 Å². The van der Waals surface area contributed by atoms with Crippen LogP contribution in [0.2, 0.25) is 10.0 Å². The molecule has 31 heavy (non-hydrogen) atoms. The third-order valence-corrected chi connectivity index (χ3v) is 6.09. The average Bonchev–Trinajstić information content (AvgIpc) is 3.39. The quantitative estimate of drug-likeness (QED) is 0.485. The second-order valence-electron chi connectivity index (χ2n) is 6.62. The van der Waals surface area contributed by atoms with E-state index < -0.39 is 5.91 Å². The number of carbonyl (C=O) groups excluding carboxylic acids is 1. The molecule has 0 saturated carbocycles. The molecule has 1 amide bonds. The highest BCUT2D eigenvalue weighted by Crippen LogP contribution is 2.33. The van der Waals surface area contributed by atoms with Crippen LogP contribution in [0, 0.1) is 5.41 Å². The lowest BCUT2D eigenvalue weighted by Gasteiger charge is -2.19. The Kier molecular flexibility index (Phi) is 5.02. The number of amidine groups is 2. The second kappa shape index (κ2) is 7.85. The SMILES string of the molecule is N=C1/C(=C\c2ccc(-c3cccc(Cl)c3)o2)C(=O)N=C2SC(c3ccccc3Cl)=NN12. The molecule has 0 radical (unpaired) electrons. The Labute approximate surface area is 191 Å². The van der Waals surface area contributed by atoms with Crippen LogP contribution in [-0.4, -0.2) is 27.0 Å². The van der Waals surface area contributed by atoms with E-state index in [1.807, 2.05) is 30.3 Å². The zero-order valence-corrected chi connectivity index (χ0v) is 18.0. The molecule has 2 aromatic carbocycles. The van der Waals surface area contributed by atoms with E-state index in [9.17, 15) is 4.79 Å². The van der Waals surface area contributed by atoms with Crippen molar-refractivity contribution in [3.63, 3.8) is 0 Å². The minimum Gasteiger partial charge on any atom is -0.457 e. The molecule has 3 aromatic rings. The number of halogens is 2. The summed E-state index contributed by atoms with van der Waals surface area (Å²) in [5, 5.41) is 16.3. The maximum Gasteiger partial charge on any atom is 0.283 e. The molecule has 5 rings (SSSR count). The molecular formula is C22H12Cl2N4O2S. The molecule has 152 valence electrons. The molecule has 0 unspecified atom stereocenters. The highest BCUT2D eigenvalue weighted by atomic mass is 35.5. The Balaban J connectivity index is 1.46. The fraction of sp³-hybridized carbons (Fsp3) is 0. The van der Waals surface area contributed by atoms with Gasteiger partial charge in [-0.25, -0.2) is 0 Å². The van der Waals surface area contributed by atoms with Gasteiger partial charge in [-0.3, -0.25) is 10.2 Å². The van der Waals surface area contributed by atoms with Gasteiger partial charge in [0, 0.05) is 16.1 Å². The number of hydrogen-bond acceptors (Lipinski definition) is 5. The van der Waals surface area contributed by atoms with Crippen molar-refractivity contribution in [1.82, 2.24) is 5.01 Å². The molecule has 0 aliphatic carbocycles. The Morgan fingerprint density at radius 3 is 2.71 bits per heavy atom. The van der Waals surface area contributed by atoms with Crippen molar-refractivity contribution in [2.45, 2.75) is 0 Å². The number of fused-ring (bicyclic) bond motifs is 1. The Morgan fingerprint density at radius 1 is 1.06 bits per heavy atom. The van der Waals surface area contributed by atoms with Crippen LogP contribution < -0.4 is 0 Å². The zero-order valence-electron chi connectivity index (χ0n) is 15.7. The summed E-state index contributed by atoms with van der Waals surface area (Å²) in [4.78, 5) is 16.7. The van der Waals surface area contributed by atoms with Crippen LogP contribution in [0.5, 0.6) is 0 Å². The fourth-order valence-electron chi connectivity index (χ4n) is 3.11. The molecule has 2 aliphatic rings. The Bertz CT molecular complexity index is 1340. The van der Waals surface area contributed by atoms with Gasteiger partial charge in [-0.2, -0.15) is 15.1 Å². The largest absolute Gasteiger partial charge is 0.457 e. The molecule has 2 aliphatic heterocycles. The standard InChI is InChI=1S/C22H12Cl2N4O2S/c23-13-5-3-4-12(10-13)18-9-8-14(30-18)11-16-19(25)28-22(26-20(16)29)31-21(27-28)15-6-1-2-7-17(15)24/h1-11,25H/b16-11+,25-19?. The summed E-state index contributed by atoms with van der Waals surface area (Å²) < 4.78 is 5.83. The summed E-state index contributed by atoms with van der Waals surface area (Å²) in [5.41, 5.74) is 1.61. The van der Waals surface area contributed by atoms with Crippen LogP contribution in [0.3, 0.4) is 0 Å². The summed E-state index contributed by atoms with van der Waals surface area (Å²) in [7, 11) is 0. The summed E-state index contributed by atoms with van der Waals surface area (Å²) in [6, 6.07) is 18.0. The van der Waals surface area contributed by atoms with Crippen molar-refractivity contribution < 1.29 is 9.21 Å². The van der Waals surface area contributed by atoms with Crippen LogP contribution in [0.25, 0.3) is 17.4 Å². The van der Waals surface area contributed by atoms with E-state index in [4.69, 9.17) is 33.0 Å². The van der Waals surface area contributed by atoms with Crippen LogP contribution in [0.4, 0.5) is 0 Å². The van der Waals surface area contributed by atoms with Crippen molar-refractivity contribution in [3.05, 3.63) is 87.6 Å². The Hall–Kier alpha value is -3.13. The number of nitrogens with one attached hydrogen (secondary N) is 1. The third-order valence-electron chi connectivity index (χ3n) is 4.58. The maximum atomic E-state index is 12.6. The first kappa shape index (κ1) is 19.8. The summed E-state index contributed by atoms with van der Waals surface area (Å²) in [6.07, 6.45) is 1.49. The number of thioether (sulfide) groups is 1. The smallest absolute Gasteiger partial charge is 0.283 e. The van der Waals surface area contributed by atoms with Crippen molar-refractivity contribution in [1.29, 1.82) is 5.41 Å². The lowest BCUT2D eigenvalue weighted by molar-refractivity contribution is -0.114. The van der Waals surface area contributed by atoms with E-state index >= 15 is 0 Å². The summed E-state index contributed by atoms with van der Waals surface area (Å²) in [5.74, 6) is 0.415. The zero-order chi connectivity index (χ0) is 21.5. The van der Waals surface area contributed by atoms with Gasteiger partial charge in [-0.05, 0) is 48.2 Å². The number of amides is 1. The number of furan rings is 1. The van der Waals surface area contributed by atoms with Crippen molar-refractivity contribution >= 4 is 63.0 Å². The van der Waals surface area contributed by atoms with Gasteiger partial charge in [0.1, 0.15) is 16.6 Å². The molecule has 0 saturated heterocycles. The predicted molar refractivity (Wildman–Crippen MR) is 125 cm³/mol. The molecule has 6 nitrogen and oxygen atoms in total. The summed E-state index contributed by atoms with van der Waals surface area (Å²) in [6.45, 7) is 0. The number of hydrogen-bond donors (Lipinski definition) is 1. The van der Waals surface area contributed by atoms with Crippen molar-refractivity contribution in [3.8, 4) is 11.3 Å². The van der Waals surface area contributed by atoms with Crippen LogP contribution in [-0.2, 0) is 4.79 Å². The topological polar surface area (TPSA) is 82.0 Å². The normalized spacial score (nSPS) is 17.1. The van der Waals surface area contributed by atoms with Gasteiger partial charge < -0.3 is 4.42 Å². The third kappa shape index (κ3) is 3.72. The number of carbonyl (C=O) groups is 1. The highest BCUT2D eigenvalue weighted by molar-refractivity contribution is 8.27. The van der Waals surface area contributed by atoms with Crippen molar-refractivity contribution in [2.24, 2.45) is 10.1 Å². The lowest BCUT2D eigenvalue weighted by Crippen LogP contribution is -2.35. The van der Waals surface area contributed by atoms with Gasteiger partial charge in [0.2, 0.25) is 5.17 Å². The number of rotatable bonds is 3. The first-order valence-electron chi connectivity index (χ1n) is 9.10. The minimum atomic E-state index is -0.528. The molecule has 1 N–H and O–H groups in total. The molecule has 9 heteroatoms.